The Morgan fingerprint density at radius 2 is 1.64 bits per heavy atom. The van der Waals surface area contributed by atoms with E-state index in [1.807, 2.05) is 0 Å². The molecule has 1 saturated heterocycles. The molecule has 1 aliphatic heterocycles. The van der Waals surface area contributed by atoms with Crippen LogP contribution in [-0.2, 0) is 9.53 Å². The number of rotatable bonds is 2. The van der Waals surface area contributed by atoms with Gasteiger partial charge in [0.2, 0.25) is 0 Å². The van der Waals surface area contributed by atoms with Gasteiger partial charge in [0.25, 0.3) is 0 Å². The molecule has 128 valence electrons. The Morgan fingerprint density at radius 1 is 1.14 bits per heavy atom. The molecule has 2 atom stereocenters. The van der Waals surface area contributed by atoms with Crippen molar-refractivity contribution in [2.45, 2.75) is 50.9 Å². The molecule has 0 aliphatic carbocycles. The first kappa shape index (κ1) is 18.4. The molecule has 1 rings (SSSR count). The van der Waals surface area contributed by atoms with Crippen LogP contribution in [0.25, 0.3) is 0 Å². The quantitative estimate of drug-likeness (QED) is 0.789. The topological polar surface area (TPSA) is 66.8 Å². The maximum atomic E-state index is 13.5. The second-order valence-electron chi connectivity index (χ2n) is 5.97. The van der Waals surface area contributed by atoms with Crippen molar-refractivity contribution < 1.29 is 41.4 Å². The fraction of sp³-hybridized carbons (Fsp3) is 0.833. The Morgan fingerprint density at radius 3 is 2.00 bits per heavy atom. The van der Waals surface area contributed by atoms with E-state index in [1.165, 1.54) is 20.8 Å². The van der Waals surface area contributed by atoms with Crippen molar-refractivity contribution >= 4 is 12.1 Å². The van der Waals surface area contributed by atoms with Crippen molar-refractivity contribution in [3.8, 4) is 0 Å². The predicted octanol–water partition coefficient (Wildman–Crippen LogP) is 2.89. The van der Waals surface area contributed by atoms with E-state index in [2.05, 4.69) is 0 Å². The third-order valence-electron chi connectivity index (χ3n) is 3.12. The molecule has 0 radical (unpaired) electrons. The van der Waals surface area contributed by atoms with Gasteiger partial charge in [-0.1, -0.05) is 0 Å². The van der Waals surface area contributed by atoms with Crippen LogP contribution in [0.3, 0.4) is 0 Å². The fourth-order valence-corrected chi connectivity index (χ4v) is 2.21. The number of hydrogen-bond donors (Lipinski definition) is 1. The molecule has 0 unspecified atom stereocenters. The number of carboxylic acid groups (broad SMARTS) is 1. The van der Waals surface area contributed by atoms with Gasteiger partial charge in [-0.25, -0.2) is 9.59 Å². The number of carboxylic acids is 1. The lowest BCUT2D eigenvalue weighted by molar-refractivity contribution is -0.304. The Bertz CT molecular complexity index is 457. The average molecular weight is 333 g/mol. The van der Waals surface area contributed by atoms with E-state index in [0.29, 0.717) is 4.90 Å². The van der Waals surface area contributed by atoms with Crippen molar-refractivity contribution in [3.63, 3.8) is 0 Å². The predicted molar refractivity (Wildman–Crippen MR) is 63.5 cm³/mol. The van der Waals surface area contributed by atoms with Crippen LogP contribution >= 0.6 is 0 Å². The van der Waals surface area contributed by atoms with E-state index in [-0.39, 0.29) is 0 Å². The standard InChI is InChI=1S/C12H16F5NO4/c1-10(2,3)22-9(21)18-5-4-6(7(18)8(19)20)11(13,14)12(15,16)17/h6-7H,4-5H2,1-3H3,(H,19,20)/t6-,7+/m0/s1. The first-order chi connectivity index (χ1) is 9.68. The van der Waals surface area contributed by atoms with Gasteiger partial charge in [-0.3, -0.25) is 4.90 Å². The number of amides is 1. The summed E-state index contributed by atoms with van der Waals surface area (Å²) in [6.07, 6.45) is -7.92. The number of nitrogens with zero attached hydrogens (tertiary/aromatic N) is 1. The minimum absolute atomic E-state index is 0.401. The lowest BCUT2D eigenvalue weighted by atomic mass is 9.92. The van der Waals surface area contributed by atoms with Crippen LogP contribution in [-0.4, -0.2) is 52.4 Å². The molecule has 1 heterocycles. The van der Waals surface area contributed by atoms with Crippen LogP contribution in [0.2, 0.25) is 0 Å². The van der Waals surface area contributed by atoms with Gasteiger partial charge in [0.15, 0.2) is 0 Å². The van der Waals surface area contributed by atoms with Crippen molar-refractivity contribution in [2.75, 3.05) is 6.54 Å². The lowest BCUT2D eigenvalue weighted by Gasteiger charge is -2.31. The number of aliphatic carboxylic acids is 1. The lowest BCUT2D eigenvalue weighted by Crippen LogP contribution is -2.53. The van der Waals surface area contributed by atoms with Gasteiger partial charge in [-0.2, -0.15) is 22.0 Å². The van der Waals surface area contributed by atoms with E-state index in [4.69, 9.17) is 9.84 Å². The summed E-state index contributed by atoms with van der Waals surface area (Å²) < 4.78 is 69.1. The zero-order valence-corrected chi connectivity index (χ0v) is 12.1. The molecule has 5 nitrogen and oxygen atoms in total. The van der Waals surface area contributed by atoms with Crippen molar-refractivity contribution in [2.24, 2.45) is 5.92 Å². The number of halogens is 5. The highest BCUT2D eigenvalue weighted by molar-refractivity contribution is 5.81. The number of ether oxygens (including phenoxy) is 1. The molecule has 0 spiro atoms. The first-order valence-electron chi connectivity index (χ1n) is 6.35. The summed E-state index contributed by atoms with van der Waals surface area (Å²) in [5.41, 5.74) is -1.04. The monoisotopic (exact) mass is 333 g/mol. The number of likely N-dealkylation sites (tertiary alicyclic amines) is 1. The van der Waals surface area contributed by atoms with Crippen molar-refractivity contribution in [3.05, 3.63) is 0 Å². The van der Waals surface area contributed by atoms with Crippen LogP contribution in [0.15, 0.2) is 0 Å². The summed E-state index contributed by atoms with van der Waals surface area (Å²) in [5, 5.41) is 8.98. The largest absolute Gasteiger partial charge is 0.480 e. The van der Waals surface area contributed by atoms with Crippen molar-refractivity contribution in [1.82, 2.24) is 4.90 Å². The maximum absolute atomic E-state index is 13.5. The molecular formula is C12H16F5NO4. The van der Waals surface area contributed by atoms with Crippen LogP contribution in [0.4, 0.5) is 26.7 Å². The van der Waals surface area contributed by atoms with Gasteiger partial charge in [-0.15, -0.1) is 0 Å². The third kappa shape index (κ3) is 3.58. The smallest absolute Gasteiger partial charge is 0.453 e. The SMILES string of the molecule is CC(C)(C)OC(=O)N1CC[C@H](C(F)(F)C(F)(F)F)[C@@H]1C(=O)O. The van der Waals surface area contributed by atoms with Crippen LogP contribution in [0.5, 0.6) is 0 Å². The maximum Gasteiger partial charge on any atom is 0.453 e. The summed E-state index contributed by atoms with van der Waals surface area (Å²) in [4.78, 5) is 23.3. The molecule has 0 bridgehead atoms. The summed E-state index contributed by atoms with van der Waals surface area (Å²) in [6, 6.07) is -2.30. The molecule has 10 heteroatoms. The summed E-state index contributed by atoms with van der Waals surface area (Å²) in [5.74, 6) is -9.71. The van der Waals surface area contributed by atoms with Gasteiger partial charge >= 0.3 is 24.2 Å². The highest BCUT2D eigenvalue weighted by Gasteiger charge is 2.67. The van der Waals surface area contributed by atoms with Crippen LogP contribution in [0.1, 0.15) is 27.2 Å². The minimum atomic E-state index is -5.89. The Kier molecular flexibility index (Phi) is 4.65. The van der Waals surface area contributed by atoms with Crippen molar-refractivity contribution in [1.29, 1.82) is 0 Å². The Balaban J connectivity index is 3.07. The molecule has 0 aromatic heterocycles. The zero-order valence-electron chi connectivity index (χ0n) is 12.1. The average Bonchev–Trinajstić information content (AvgIpc) is 2.69. The van der Waals surface area contributed by atoms with E-state index in [1.54, 1.807) is 0 Å². The minimum Gasteiger partial charge on any atom is -0.480 e. The highest BCUT2D eigenvalue weighted by atomic mass is 19.4. The van der Waals surface area contributed by atoms with E-state index >= 15 is 0 Å². The molecule has 0 saturated carbocycles. The molecule has 1 fully saturated rings. The molecule has 1 aliphatic rings. The molecule has 0 aromatic rings. The van der Waals surface area contributed by atoms with Crippen LogP contribution < -0.4 is 0 Å². The Hall–Kier alpha value is -1.61. The van der Waals surface area contributed by atoms with E-state index in [0.717, 1.165) is 0 Å². The third-order valence-corrected chi connectivity index (χ3v) is 3.12. The second kappa shape index (κ2) is 5.54. The van der Waals surface area contributed by atoms with Gasteiger partial charge in [-0.05, 0) is 27.2 Å². The van der Waals surface area contributed by atoms with E-state index in [9.17, 15) is 31.5 Å². The number of alkyl halides is 5. The number of carbonyl (C=O) groups is 2. The summed E-state index contributed by atoms with van der Waals surface area (Å²) in [7, 11) is 0. The van der Waals surface area contributed by atoms with Gasteiger partial charge in [0.1, 0.15) is 11.6 Å². The van der Waals surface area contributed by atoms with Gasteiger partial charge in [0.05, 0.1) is 5.92 Å². The van der Waals surface area contributed by atoms with E-state index < -0.39 is 54.7 Å². The van der Waals surface area contributed by atoms with Gasteiger partial charge in [0, 0.05) is 6.54 Å². The molecule has 22 heavy (non-hydrogen) atoms. The molecule has 1 N–H and O–H groups in total. The zero-order chi connectivity index (χ0) is 17.5. The Labute approximate surface area is 123 Å². The molecule has 1 amide bonds. The van der Waals surface area contributed by atoms with Crippen LogP contribution in [0, 0.1) is 5.92 Å². The second-order valence-corrected chi connectivity index (χ2v) is 5.97. The normalized spacial score (nSPS) is 23.5. The molecular weight excluding hydrogens is 317 g/mol. The number of carbonyl (C=O) groups excluding carboxylic acids is 1. The summed E-state index contributed by atoms with van der Waals surface area (Å²) in [6.45, 7) is 3.82. The highest BCUT2D eigenvalue weighted by Crippen LogP contribution is 2.47. The fourth-order valence-electron chi connectivity index (χ4n) is 2.21. The first-order valence-corrected chi connectivity index (χ1v) is 6.35. The summed E-state index contributed by atoms with van der Waals surface area (Å²) >= 11 is 0. The van der Waals surface area contributed by atoms with Gasteiger partial charge < -0.3 is 9.84 Å². The molecule has 0 aromatic carbocycles. The number of hydrogen-bond acceptors (Lipinski definition) is 3.